The van der Waals surface area contributed by atoms with Crippen molar-refractivity contribution < 1.29 is 4.79 Å². The van der Waals surface area contributed by atoms with Crippen molar-refractivity contribution in [1.82, 2.24) is 4.90 Å². The molecule has 2 fully saturated rings. The molecule has 0 aromatic heterocycles. The van der Waals surface area contributed by atoms with Gasteiger partial charge in [-0.05, 0) is 48.9 Å². The highest BCUT2D eigenvalue weighted by Gasteiger charge is 2.47. The lowest BCUT2D eigenvalue weighted by molar-refractivity contribution is -0.144. The van der Waals surface area contributed by atoms with Crippen LogP contribution in [0.1, 0.15) is 73.6 Å². The summed E-state index contributed by atoms with van der Waals surface area (Å²) >= 11 is 0. The van der Waals surface area contributed by atoms with Gasteiger partial charge in [-0.1, -0.05) is 41.5 Å². The first-order chi connectivity index (χ1) is 9.01. The van der Waals surface area contributed by atoms with Crippen LogP contribution in [-0.2, 0) is 4.79 Å². The van der Waals surface area contributed by atoms with Crippen LogP contribution in [0.3, 0.4) is 0 Å². The van der Waals surface area contributed by atoms with Crippen molar-refractivity contribution in [3.63, 3.8) is 0 Å². The smallest absolute Gasteiger partial charge is 0.227 e. The minimum Gasteiger partial charge on any atom is -0.342 e. The van der Waals surface area contributed by atoms with E-state index in [1.54, 1.807) is 0 Å². The lowest BCUT2D eigenvalue weighted by Crippen LogP contribution is -2.51. The molecule has 0 bridgehead atoms. The van der Waals surface area contributed by atoms with Gasteiger partial charge in [0.05, 0.1) is 0 Å². The van der Waals surface area contributed by atoms with Gasteiger partial charge in [-0.15, -0.1) is 0 Å². The Labute approximate surface area is 125 Å². The molecule has 0 unspecified atom stereocenters. The Balaban J connectivity index is 1.81. The molecule has 2 aliphatic rings. The topological polar surface area (TPSA) is 20.3 Å². The largest absolute Gasteiger partial charge is 0.342 e. The van der Waals surface area contributed by atoms with Crippen molar-refractivity contribution in [2.45, 2.75) is 73.6 Å². The Kier molecular flexibility index (Phi) is 3.99. The second kappa shape index (κ2) is 5.03. The lowest BCUT2D eigenvalue weighted by atomic mass is 9.55. The van der Waals surface area contributed by atoms with E-state index in [-0.39, 0.29) is 5.41 Å². The van der Waals surface area contributed by atoms with Gasteiger partial charge in [-0.25, -0.2) is 0 Å². The Morgan fingerprint density at radius 3 is 1.95 bits per heavy atom. The predicted octanol–water partition coefficient (Wildman–Crippen LogP) is 4.49. The van der Waals surface area contributed by atoms with E-state index in [1.165, 1.54) is 32.1 Å². The molecule has 0 aromatic rings. The van der Waals surface area contributed by atoms with Crippen LogP contribution in [-0.4, -0.2) is 23.9 Å². The van der Waals surface area contributed by atoms with Crippen molar-refractivity contribution >= 4 is 5.91 Å². The number of hydrogen-bond acceptors (Lipinski definition) is 1. The summed E-state index contributed by atoms with van der Waals surface area (Å²) in [6.07, 6.45) is 6.63. The average molecular weight is 279 g/mol. The van der Waals surface area contributed by atoms with Crippen LogP contribution >= 0.6 is 0 Å². The van der Waals surface area contributed by atoms with Crippen molar-refractivity contribution in [2.24, 2.45) is 22.2 Å². The minimum atomic E-state index is -0.223. The molecule has 0 N–H and O–H groups in total. The van der Waals surface area contributed by atoms with Crippen molar-refractivity contribution in [3.05, 3.63) is 0 Å². The third kappa shape index (κ3) is 3.56. The summed E-state index contributed by atoms with van der Waals surface area (Å²) in [5.41, 5.74) is 0.832. The maximum absolute atomic E-state index is 12.3. The van der Waals surface area contributed by atoms with Crippen LogP contribution in [0.25, 0.3) is 0 Å². The van der Waals surface area contributed by atoms with Crippen LogP contribution in [0, 0.1) is 22.2 Å². The molecule has 0 atom stereocenters. The second-order valence-corrected chi connectivity index (χ2v) is 9.58. The molecule has 1 heterocycles. The van der Waals surface area contributed by atoms with Crippen molar-refractivity contribution in [1.29, 1.82) is 0 Å². The van der Waals surface area contributed by atoms with E-state index in [0.29, 0.717) is 16.7 Å². The van der Waals surface area contributed by atoms with E-state index in [9.17, 15) is 4.79 Å². The molecule has 1 amide bonds. The fraction of sp³-hybridized carbons (Fsp3) is 0.944. The molecule has 20 heavy (non-hydrogen) atoms. The summed E-state index contributed by atoms with van der Waals surface area (Å²) < 4.78 is 0. The zero-order valence-electron chi connectivity index (χ0n) is 14.4. The van der Waals surface area contributed by atoms with Gasteiger partial charge in [0.25, 0.3) is 0 Å². The molecule has 2 rings (SSSR count). The van der Waals surface area contributed by atoms with Gasteiger partial charge >= 0.3 is 0 Å². The molecule has 0 aromatic carbocycles. The fourth-order valence-electron chi connectivity index (χ4n) is 4.24. The number of hydrogen-bond donors (Lipinski definition) is 0. The van der Waals surface area contributed by atoms with E-state index < -0.39 is 0 Å². The van der Waals surface area contributed by atoms with Gasteiger partial charge in [0, 0.05) is 18.5 Å². The zero-order chi connectivity index (χ0) is 15.2. The van der Waals surface area contributed by atoms with E-state index in [4.69, 9.17) is 0 Å². The van der Waals surface area contributed by atoms with Crippen LogP contribution in [0.2, 0.25) is 0 Å². The molecule has 0 radical (unpaired) electrons. The first-order valence-electron chi connectivity index (χ1n) is 8.30. The third-order valence-corrected chi connectivity index (χ3v) is 5.10. The summed E-state index contributed by atoms with van der Waals surface area (Å²) in [4.78, 5) is 14.4. The average Bonchev–Trinajstić information content (AvgIpc) is 2.24. The molecule has 1 aliphatic carbocycles. The highest BCUT2D eigenvalue weighted by Crippen LogP contribution is 2.55. The highest BCUT2D eigenvalue weighted by atomic mass is 16.2. The number of carbonyl (C=O) groups is 1. The Morgan fingerprint density at radius 2 is 1.55 bits per heavy atom. The van der Waals surface area contributed by atoms with Gasteiger partial charge in [0.2, 0.25) is 5.91 Å². The van der Waals surface area contributed by atoms with Crippen LogP contribution in [0.15, 0.2) is 0 Å². The SMILES string of the molecule is CC(C)(C)CC1CC2(CCN(C(=O)C(C)(C)C)CC2)C1. The quantitative estimate of drug-likeness (QED) is 0.692. The monoisotopic (exact) mass is 279 g/mol. The summed E-state index contributed by atoms with van der Waals surface area (Å²) in [7, 11) is 0. The number of likely N-dealkylation sites (tertiary alicyclic amines) is 1. The third-order valence-electron chi connectivity index (χ3n) is 5.10. The van der Waals surface area contributed by atoms with Gasteiger partial charge in [0.1, 0.15) is 0 Å². The maximum atomic E-state index is 12.3. The fourth-order valence-corrected chi connectivity index (χ4v) is 4.24. The van der Waals surface area contributed by atoms with E-state index in [2.05, 4.69) is 25.7 Å². The molecular weight excluding hydrogens is 246 g/mol. The molecule has 1 spiro atoms. The number of nitrogens with zero attached hydrogens (tertiary/aromatic N) is 1. The zero-order valence-corrected chi connectivity index (χ0v) is 14.4. The van der Waals surface area contributed by atoms with Gasteiger partial charge in [0.15, 0.2) is 0 Å². The molecule has 1 saturated heterocycles. The summed E-state index contributed by atoms with van der Waals surface area (Å²) in [6.45, 7) is 15.1. The van der Waals surface area contributed by atoms with E-state index in [1.807, 2.05) is 20.8 Å². The molecule has 116 valence electrons. The normalized spacial score (nSPS) is 23.8. The Hall–Kier alpha value is -0.530. The Bertz CT molecular complexity index is 356. The van der Waals surface area contributed by atoms with Gasteiger partial charge in [-0.2, -0.15) is 0 Å². The number of carbonyl (C=O) groups excluding carboxylic acids is 1. The van der Waals surface area contributed by atoms with Crippen LogP contribution < -0.4 is 0 Å². The van der Waals surface area contributed by atoms with E-state index >= 15 is 0 Å². The first-order valence-corrected chi connectivity index (χ1v) is 8.30. The van der Waals surface area contributed by atoms with E-state index in [0.717, 1.165) is 19.0 Å². The number of rotatable bonds is 1. The van der Waals surface area contributed by atoms with Gasteiger partial charge in [-0.3, -0.25) is 4.79 Å². The molecular formula is C18H33NO. The lowest BCUT2D eigenvalue weighted by Gasteiger charge is -2.54. The molecule has 2 heteroatoms. The number of amides is 1. The van der Waals surface area contributed by atoms with Crippen LogP contribution in [0.5, 0.6) is 0 Å². The minimum absolute atomic E-state index is 0.223. The standard InChI is InChI=1S/C18H33NO/c1-16(2,3)11-14-12-18(13-14)7-9-19(10-8-18)15(20)17(4,5)6/h14H,7-13H2,1-6H3. The molecule has 1 aliphatic heterocycles. The van der Waals surface area contributed by atoms with Crippen molar-refractivity contribution in [2.75, 3.05) is 13.1 Å². The Morgan fingerprint density at radius 1 is 1.05 bits per heavy atom. The summed E-state index contributed by atoms with van der Waals surface area (Å²) in [5.74, 6) is 1.26. The first kappa shape index (κ1) is 15.9. The summed E-state index contributed by atoms with van der Waals surface area (Å²) in [6, 6.07) is 0. The second-order valence-electron chi connectivity index (χ2n) is 9.58. The molecule has 2 nitrogen and oxygen atoms in total. The maximum Gasteiger partial charge on any atom is 0.227 e. The number of piperidine rings is 1. The van der Waals surface area contributed by atoms with Gasteiger partial charge < -0.3 is 4.90 Å². The predicted molar refractivity (Wildman–Crippen MR) is 84.5 cm³/mol. The van der Waals surface area contributed by atoms with Crippen LogP contribution in [0.4, 0.5) is 0 Å². The molecule has 1 saturated carbocycles. The highest BCUT2D eigenvalue weighted by molar-refractivity contribution is 5.81. The summed E-state index contributed by atoms with van der Waals surface area (Å²) in [5, 5.41) is 0. The van der Waals surface area contributed by atoms with Crippen molar-refractivity contribution in [3.8, 4) is 0 Å².